The summed E-state index contributed by atoms with van der Waals surface area (Å²) in [6, 6.07) is 9.77. The van der Waals surface area contributed by atoms with Crippen LogP contribution < -0.4 is 10.1 Å². The van der Waals surface area contributed by atoms with Gasteiger partial charge in [-0.1, -0.05) is 30.9 Å². The number of nitrogens with one attached hydrogen (secondary N) is 1. The molecule has 2 aliphatic heterocycles. The van der Waals surface area contributed by atoms with Crippen molar-refractivity contribution in [3.05, 3.63) is 42.5 Å². The van der Waals surface area contributed by atoms with E-state index in [1.165, 1.54) is 44.3 Å². The highest BCUT2D eigenvalue weighted by molar-refractivity contribution is 5.33. The van der Waals surface area contributed by atoms with E-state index in [1.54, 1.807) is 6.08 Å². The van der Waals surface area contributed by atoms with Crippen molar-refractivity contribution in [3.8, 4) is 5.75 Å². The number of rotatable bonds is 6. The molecule has 3 nitrogen and oxygen atoms in total. The topological polar surface area (TPSA) is 24.5 Å². The number of hydrogen-bond donors (Lipinski definition) is 1. The summed E-state index contributed by atoms with van der Waals surface area (Å²) in [5.41, 5.74) is 1.24. The van der Waals surface area contributed by atoms with Gasteiger partial charge in [0.25, 0.3) is 0 Å². The van der Waals surface area contributed by atoms with Crippen molar-refractivity contribution >= 4 is 0 Å². The molecule has 2 saturated heterocycles. The Balaban J connectivity index is 1.54. The van der Waals surface area contributed by atoms with Crippen molar-refractivity contribution in [2.75, 3.05) is 19.7 Å². The number of ether oxygens (including phenoxy) is 1. The molecule has 21 heavy (non-hydrogen) atoms. The standard InChI is InChI=1S/C18H26N2O/c1-2-12-21-18-8-4-3-6-15(18)14-19-16-9-11-20-10-5-7-17(20)13-16/h2-4,6,8,16-17,19H,1,5,7,9-14H2. The Labute approximate surface area is 128 Å². The van der Waals surface area contributed by atoms with Crippen LogP contribution in [0.1, 0.15) is 31.2 Å². The molecule has 1 aromatic rings. The van der Waals surface area contributed by atoms with E-state index < -0.39 is 0 Å². The first-order valence-electron chi connectivity index (χ1n) is 8.16. The molecule has 2 atom stereocenters. The summed E-state index contributed by atoms with van der Waals surface area (Å²) in [4.78, 5) is 2.67. The van der Waals surface area contributed by atoms with E-state index in [4.69, 9.17) is 4.74 Å². The number of fused-ring (bicyclic) bond motifs is 1. The van der Waals surface area contributed by atoms with Gasteiger partial charge in [0, 0.05) is 24.2 Å². The molecule has 114 valence electrons. The molecule has 1 N–H and O–H groups in total. The van der Waals surface area contributed by atoms with Gasteiger partial charge in [-0.15, -0.1) is 0 Å². The molecule has 2 unspecified atom stereocenters. The largest absolute Gasteiger partial charge is 0.489 e. The van der Waals surface area contributed by atoms with Crippen LogP contribution in [-0.4, -0.2) is 36.7 Å². The van der Waals surface area contributed by atoms with E-state index in [0.29, 0.717) is 12.6 Å². The van der Waals surface area contributed by atoms with Gasteiger partial charge in [0.05, 0.1) is 0 Å². The van der Waals surface area contributed by atoms with Crippen LogP contribution in [0.5, 0.6) is 5.75 Å². The fourth-order valence-corrected chi connectivity index (χ4v) is 3.60. The monoisotopic (exact) mass is 286 g/mol. The average molecular weight is 286 g/mol. The van der Waals surface area contributed by atoms with Gasteiger partial charge in [0.1, 0.15) is 12.4 Å². The lowest BCUT2D eigenvalue weighted by Gasteiger charge is -2.35. The molecule has 3 rings (SSSR count). The van der Waals surface area contributed by atoms with Gasteiger partial charge < -0.3 is 15.0 Å². The van der Waals surface area contributed by atoms with Crippen LogP contribution in [0.25, 0.3) is 0 Å². The first-order chi connectivity index (χ1) is 10.4. The van der Waals surface area contributed by atoms with Crippen LogP contribution >= 0.6 is 0 Å². The number of hydrogen-bond acceptors (Lipinski definition) is 3. The molecule has 0 aliphatic carbocycles. The summed E-state index contributed by atoms with van der Waals surface area (Å²) < 4.78 is 5.73. The zero-order valence-corrected chi connectivity index (χ0v) is 12.8. The molecule has 1 aromatic carbocycles. The van der Waals surface area contributed by atoms with Gasteiger partial charge in [-0.25, -0.2) is 0 Å². The number of piperidine rings is 1. The molecule has 0 amide bonds. The maximum Gasteiger partial charge on any atom is 0.124 e. The maximum absolute atomic E-state index is 5.73. The summed E-state index contributed by atoms with van der Waals surface area (Å²) in [5, 5.41) is 3.73. The fraction of sp³-hybridized carbons (Fsp3) is 0.556. The zero-order valence-electron chi connectivity index (χ0n) is 12.8. The van der Waals surface area contributed by atoms with Crippen LogP contribution in [0, 0.1) is 0 Å². The second kappa shape index (κ2) is 7.10. The van der Waals surface area contributed by atoms with Gasteiger partial charge in [0.15, 0.2) is 0 Å². The normalized spacial score (nSPS) is 25.5. The molecule has 2 heterocycles. The minimum atomic E-state index is 0.567. The lowest BCUT2D eigenvalue weighted by Crippen LogP contribution is -2.45. The molecule has 0 aromatic heterocycles. The highest BCUT2D eigenvalue weighted by Gasteiger charge is 2.31. The van der Waals surface area contributed by atoms with E-state index in [1.807, 2.05) is 12.1 Å². The van der Waals surface area contributed by atoms with Crippen molar-refractivity contribution in [3.63, 3.8) is 0 Å². The van der Waals surface area contributed by atoms with Crippen LogP contribution in [0.15, 0.2) is 36.9 Å². The molecule has 0 saturated carbocycles. The van der Waals surface area contributed by atoms with Crippen LogP contribution in [-0.2, 0) is 6.54 Å². The van der Waals surface area contributed by atoms with E-state index in [-0.39, 0.29) is 0 Å². The molecule has 3 heteroatoms. The van der Waals surface area contributed by atoms with Gasteiger partial charge >= 0.3 is 0 Å². The Bertz CT molecular complexity index is 474. The number of benzene rings is 1. The van der Waals surface area contributed by atoms with Crippen molar-refractivity contribution in [2.24, 2.45) is 0 Å². The van der Waals surface area contributed by atoms with E-state index in [2.05, 4.69) is 28.9 Å². The number of para-hydroxylation sites is 1. The molecular weight excluding hydrogens is 260 g/mol. The van der Waals surface area contributed by atoms with E-state index in [0.717, 1.165) is 18.3 Å². The van der Waals surface area contributed by atoms with Crippen molar-refractivity contribution in [2.45, 2.75) is 44.3 Å². The predicted octanol–water partition coefficient (Wildman–Crippen LogP) is 2.97. The third kappa shape index (κ3) is 3.66. The minimum absolute atomic E-state index is 0.567. The molecule has 0 spiro atoms. The predicted molar refractivity (Wildman–Crippen MR) is 86.6 cm³/mol. The lowest BCUT2D eigenvalue weighted by atomic mass is 9.97. The molecule has 0 radical (unpaired) electrons. The van der Waals surface area contributed by atoms with Gasteiger partial charge in [-0.2, -0.15) is 0 Å². The zero-order chi connectivity index (χ0) is 14.5. The Morgan fingerprint density at radius 1 is 1.29 bits per heavy atom. The second-order valence-corrected chi connectivity index (χ2v) is 6.14. The van der Waals surface area contributed by atoms with Crippen molar-refractivity contribution < 1.29 is 4.74 Å². The highest BCUT2D eigenvalue weighted by atomic mass is 16.5. The highest BCUT2D eigenvalue weighted by Crippen LogP contribution is 2.27. The summed E-state index contributed by atoms with van der Waals surface area (Å²) in [5.74, 6) is 0.975. The van der Waals surface area contributed by atoms with Gasteiger partial charge in [0.2, 0.25) is 0 Å². The Morgan fingerprint density at radius 2 is 2.19 bits per heavy atom. The SMILES string of the molecule is C=CCOc1ccccc1CNC1CCN2CCCC2C1. The molecular formula is C18H26N2O. The lowest BCUT2D eigenvalue weighted by molar-refractivity contribution is 0.166. The first-order valence-corrected chi connectivity index (χ1v) is 8.16. The second-order valence-electron chi connectivity index (χ2n) is 6.14. The fourth-order valence-electron chi connectivity index (χ4n) is 3.60. The smallest absolute Gasteiger partial charge is 0.124 e. The van der Waals surface area contributed by atoms with Gasteiger partial charge in [-0.05, 0) is 44.8 Å². The summed E-state index contributed by atoms with van der Waals surface area (Å²) >= 11 is 0. The van der Waals surface area contributed by atoms with Crippen molar-refractivity contribution in [1.29, 1.82) is 0 Å². The summed E-state index contributed by atoms with van der Waals surface area (Å²) in [6.45, 7) is 7.75. The molecule has 0 bridgehead atoms. The average Bonchev–Trinajstić information content (AvgIpc) is 2.99. The molecule has 2 aliphatic rings. The first kappa shape index (κ1) is 14.6. The quantitative estimate of drug-likeness (QED) is 0.814. The Morgan fingerprint density at radius 3 is 3.10 bits per heavy atom. The van der Waals surface area contributed by atoms with Crippen LogP contribution in [0.2, 0.25) is 0 Å². The summed E-state index contributed by atoms with van der Waals surface area (Å²) in [6.07, 6.45) is 7.13. The molecule has 2 fully saturated rings. The Kier molecular flexibility index (Phi) is 4.94. The summed E-state index contributed by atoms with van der Waals surface area (Å²) in [7, 11) is 0. The number of nitrogens with zero attached hydrogens (tertiary/aromatic N) is 1. The van der Waals surface area contributed by atoms with Crippen LogP contribution in [0.4, 0.5) is 0 Å². The van der Waals surface area contributed by atoms with E-state index in [9.17, 15) is 0 Å². The Hall–Kier alpha value is -1.32. The third-order valence-corrected chi connectivity index (χ3v) is 4.73. The van der Waals surface area contributed by atoms with Crippen molar-refractivity contribution in [1.82, 2.24) is 10.2 Å². The van der Waals surface area contributed by atoms with Crippen LogP contribution in [0.3, 0.4) is 0 Å². The maximum atomic E-state index is 5.73. The minimum Gasteiger partial charge on any atom is -0.489 e. The van der Waals surface area contributed by atoms with E-state index >= 15 is 0 Å². The van der Waals surface area contributed by atoms with Gasteiger partial charge in [-0.3, -0.25) is 0 Å². The third-order valence-electron chi connectivity index (χ3n) is 4.73.